The summed E-state index contributed by atoms with van der Waals surface area (Å²) in [4.78, 5) is 17.0. The smallest absolute Gasteiger partial charge is 0.251 e. The second kappa shape index (κ2) is 10.1. The van der Waals surface area contributed by atoms with Crippen LogP contribution in [-0.2, 0) is 28.9 Å². The Morgan fingerprint density at radius 3 is 2.38 bits per heavy atom. The van der Waals surface area contributed by atoms with Crippen LogP contribution in [0.25, 0.3) is 5.65 Å². The van der Waals surface area contributed by atoms with E-state index in [2.05, 4.69) is 15.0 Å². The fourth-order valence-corrected chi connectivity index (χ4v) is 4.19. The van der Waals surface area contributed by atoms with Gasteiger partial charge in [0.15, 0.2) is 0 Å². The van der Waals surface area contributed by atoms with E-state index >= 15 is 0 Å². The highest BCUT2D eigenvalue weighted by Crippen LogP contribution is 2.15. The molecule has 4 aromatic rings. The molecule has 0 aliphatic rings. The van der Waals surface area contributed by atoms with Gasteiger partial charge in [-0.15, -0.1) is 0 Å². The first kappa shape index (κ1) is 23.5. The van der Waals surface area contributed by atoms with Gasteiger partial charge in [0, 0.05) is 24.5 Å². The third-order valence-corrected chi connectivity index (χ3v) is 6.63. The lowest BCUT2D eigenvalue weighted by atomic mass is 10.1. The van der Waals surface area contributed by atoms with Crippen LogP contribution >= 0.6 is 0 Å². The van der Waals surface area contributed by atoms with E-state index in [-0.39, 0.29) is 11.7 Å². The number of fused-ring (bicyclic) bond motifs is 1. The highest BCUT2D eigenvalue weighted by atomic mass is 32.2. The summed E-state index contributed by atoms with van der Waals surface area (Å²) < 4.78 is 33.3. The Labute approximate surface area is 198 Å². The average molecular weight is 479 g/mol. The first-order chi connectivity index (χ1) is 16.3. The summed E-state index contributed by atoms with van der Waals surface area (Å²) in [6.45, 7) is 2.70. The monoisotopic (exact) mass is 478 g/mol. The topological polar surface area (TPSA) is 102 Å². The lowest BCUT2D eigenvalue weighted by Gasteiger charge is -2.08. The van der Waals surface area contributed by atoms with Crippen molar-refractivity contribution in [1.29, 1.82) is 0 Å². The zero-order chi connectivity index (χ0) is 24.1. The molecule has 0 aliphatic heterocycles. The van der Waals surface area contributed by atoms with Crippen molar-refractivity contribution in [2.24, 2.45) is 0 Å². The molecule has 4 rings (SSSR count). The Morgan fingerprint density at radius 1 is 0.971 bits per heavy atom. The molecule has 2 N–H and O–H groups in total. The number of ether oxygens (including phenoxy) is 1. The lowest BCUT2D eigenvalue weighted by Crippen LogP contribution is -2.23. The molecule has 8 nitrogen and oxygen atoms in total. The van der Waals surface area contributed by atoms with E-state index in [1.165, 1.54) is 7.05 Å². The molecular weight excluding hydrogens is 452 g/mol. The van der Waals surface area contributed by atoms with E-state index in [4.69, 9.17) is 4.74 Å². The van der Waals surface area contributed by atoms with Gasteiger partial charge in [0.25, 0.3) is 5.91 Å². The molecule has 2 aromatic carbocycles. The van der Waals surface area contributed by atoms with Crippen molar-refractivity contribution in [3.05, 3.63) is 101 Å². The number of carbonyl (C=O) groups excluding carboxylic acids is 1. The Bertz CT molecular complexity index is 1400. The van der Waals surface area contributed by atoms with Crippen LogP contribution < -0.4 is 14.8 Å². The van der Waals surface area contributed by atoms with Gasteiger partial charge in [0.1, 0.15) is 18.0 Å². The first-order valence-corrected chi connectivity index (χ1v) is 12.4. The van der Waals surface area contributed by atoms with Gasteiger partial charge in [-0.05, 0) is 61.0 Å². The molecule has 0 atom stereocenters. The second-order valence-corrected chi connectivity index (χ2v) is 9.91. The van der Waals surface area contributed by atoms with Gasteiger partial charge < -0.3 is 14.5 Å². The van der Waals surface area contributed by atoms with Crippen molar-refractivity contribution in [2.45, 2.75) is 25.8 Å². The molecule has 0 radical (unpaired) electrons. The second-order valence-electron chi connectivity index (χ2n) is 7.98. The van der Waals surface area contributed by atoms with Gasteiger partial charge in [-0.25, -0.2) is 18.1 Å². The standard InChI is InChI=1S/C25H26N4O4S/c1-18-3-12-24-28-22(15-29(24)14-18)16-33-23-10-8-21(9-11-23)25(30)27-13-19-4-6-20(7-5-19)17-34(31,32)26-2/h3-12,14-15,26H,13,16-17H2,1-2H3,(H,27,30). The summed E-state index contributed by atoms with van der Waals surface area (Å²) in [5, 5.41) is 2.87. The van der Waals surface area contributed by atoms with Gasteiger partial charge in [0.05, 0.1) is 11.4 Å². The molecule has 0 saturated heterocycles. The molecule has 0 fully saturated rings. The van der Waals surface area contributed by atoms with E-state index in [9.17, 15) is 13.2 Å². The predicted octanol–water partition coefficient (Wildman–Crippen LogP) is 3.20. The molecule has 0 bridgehead atoms. The fraction of sp³-hybridized carbons (Fsp3) is 0.200. The minimum atomic E-state index is -3.31. The van der Waals surface area contributed by atoms with Crippen LogP contribution in [0, 0.1) is 6.92 Å². The fourth-order valence-electron chi connectivity index (χ4n) is 3.41. The van der Waals surface area contributed by atoms with Gasteiger partial charge in [-0.2, -0.15) is 0 Å². The van der Waals surface area contributed by atoms with E-state index in [0.29, 0.717) is 30.0 Å². The van der Waals surface area contributed by atoms with Crippen molar-refractivity contribution < 1.29 is 17.9 Å². The third-order valence-electron chi connectivity index (χ3n) is 5.30. The Kier molecular flexibility index (Phi) is 6.95. The van der Waals surface area contributed by atoms with Crippen molar-refractivity contribution >= 4 is 21.6 Å². The SMILES string of the molecule is CNS(=O)(=O)Cc1ccc(CNC(=O)c2ccc(OCc3cn4cc(C)ccc4n3)cc2)cc1. The van der Waals surface area contributed by atoms with Crippen molar-refractivity contribution in [3.8, 4) is 5.75 Å². The molecular formula is C25H26N4O4S. The molecule has 0 aliphatic carbocycles. The molecule has 34 heavy (non-hydrogen) atoms. The van der Waals surface area contributed by atoms with Gasteiger partial charge in [-0.3, -0.25) is 4.79 Å². The van der Waals surface area contributed by atoms with E-state index in [1.807, 2.05) is 35.9 Å². The number of hydrogen-bond acceptors (Lipinski definition) is 5. The van der Waals surface area contributed by atoms with E-state index in [1.54, 1.807) is 48.5 Å². The number of imidazole rings is 1. The number of nitrogens with one attached hydrogen (secondary N) is 2. The average Bonchev–Trinajstić information content (AvgIpc) is 3.24. The van der Waals surface area contributed by atoms with Crippen molar-refractivity contribution in [1.82, 2.24) is 19.4 Å². The number of aryl methyl sites for hydroxylation is 1. The summed E-state index contributed by atoms with van der Waals surface area (Å²) >= 11 is 0. The number of hydrogen-bond donors (Lipinski definition) is 2. The van der Waals surface area contributed by atoms with Crippen LogP contribution in [0.4, 0.5) is 0 Å². The molecule has 176 valence electrons. The van der Waals surface area contributed by atoms with Crippen LogP contribution in [0.3, 0.4) is 0 Å². The maximum absolute atomic E-state index is 12.5. The van der Waals surface area contributed by atoms with Crippen molar-refractivity contribution in [3.63, 3.8) is 0 Å². The number of pyridine rings is 1. The number of nitrogens with zero attached hydrogens (tertiary/aromatic N) is 2. The van der Waals surface area contributed by atoms with Crippen LogP contribution in [0.1, 0.15) is 32.7 Å². The number of rotatable bonds is 9. The summed E-state index contributed by atoms with van der Waals surface area (Å²) in [6, 6.07) is 18.0. The van der Waals surface area contributed by atoms with Crippen LogP contribution in [0.5, 0.6) is 5.75 Å². The zero-order valence-corrected chi connectivity index (χ0v) is 19.8. The quantitative estimate of drug-likeness (QED) is 0.385. The lowest BCUT2D eigenvalue weighted by molar-refractivity contribution is 0.0951. The Morgan fingerprint density at radius 2 is 1.68 bits per heavy atom. The maximum atomic E-state index is 12.5. The number of aromatic nitrogens is 2. The third kappa shape index (κ3) is 6.00. The largest absolute Gasteiger partial charge is 0.487 e. The number of sulfonamides is 1. The van der Waals surface area contributed by atoms with Crippen LogP contribution in [0.2, 0.25) is 0 Å². The number of amides is 1. The molecule has 1 amide bonds. The summed E-state index contributed by atoms with van der Waals surface area (Å²) in [5.74, 6) is 0.363. The number of benzene rings is 2. The molecule has 0 unspecified atom stereocenters. The maximum Gasteiger partial charge on any atom is 0.251 e. The van der Waals surface area contributed by atoms with Gasteiger partial charge >= 0.3 is 0 Å². The minimum Gasteiger partial charge on any atom is -0.487 e. The van der Waals surface area contributed by atoms with E-state index in [0.717, 1.165) is 22.5 Å². The predicted molar refractivity (Wildman–Crippen MR) is 130 cm³/mol. The number of carbonyl (C=O) groups is 1. The summed E-state index contributed by atoms with van der Waals surface area (Å²) in [5.41, 5.74) is 4.92. The summed E-state index contributed by atoms with van der Waals surface area (Å²) in [7, 11) is -1.92. The highest BCUT2D eigenvalue weighted by Gasteiger charge is 2.10. The molecule has 0 saturated carbocycles. The Balaban J connectivity index is 1.28. The zero-order valence-electron chi connectivity index (χ0n) is 19.0. The first-order valence-electron chi connectivity index (χ1n) is 10.8. The van der Waals surface area contributed by atoms with Gasteiger partial charge in [0.2, 0.25) is 10.0 Å². The highest BCUT2D eigenvalue weighted by molar-refractivity contribution is 7.88. The minimum absolute atomic E-state index is 0.0820. The van der Waals surface area contributed by atoms with Crippen LogP contribution in [0.15, 0.2) is 73.1 Å². The normalized spacial score (nSPS) is 11.5. The molecule has 0 spiro atoms. The van der Waals surface area contributed by atoms with E-state index < -0.39 is 10.0 Å². The van der Waals surface area contributed by atoms with Gasteiger partial charge in [-0.1, -0.05) is 30.3 Å². The molecule has 2 aromatic heterocycles. The van der Waals surface area contributed by atoms with Crippen molar-refractivity contribution in [2.75, 3.05) is 7.05 Å². The molecule has 9 heteroatoms. The van der Waals surface area contributed by atoms with Crippen LogP contribution in [-0.4, -0.2) is 30.8 Å². The molecule has 2 heterocycles. The summed E-state index contributed by atoms with van der Waals surface area (Å²) in [6.07, 6.45) is 3.96. The Hall–Kier alpha value is -3.69.